The summed E-state index contributed by atoms with van der Waals surface area (Å²) in [5, 5.41) is 12.8. The van der Waals surface area contributed by atoms with E-state index in [9.17, 15) is 14.7 Å². The minimum Gasteiger partial charge on any atom is -0.506 e. The van der Waals surface area contributed by atoms with Crippen LogP contribution in [0.1, 0.15) is 33.2 Å². The molecule has 1 aromatic heterocycles. The summed E-state index contributed by atoms with van der Waals surface area (Å²) < 4.78 is 7.68. The number of amides is 1. The molecular weight excluding hydrogens is 536 g/mol. The van der Waals surface area contributed by atoms with Crippen molar-refractivity contribution in [3.63, 3.8) is 0 Å². The van der Waals surface area contributed by atoms with E-state index >= 15 is 0 Å². The fourth-order valence-electron chi connectivity index (χ4n) is 4.74. The van der Waals surface area contributed by atoms with Crippen molar-refractivity contribution in [2.45, 2.75) is 12.5 Å². The zero-order valence-electron chi connectivity index (χ0n) is 20.3. The van der Waals surface area contributed by atoms with E-state index in [0.717, 1.165) is 22.0 Å². The molecule has 9 heteroatoms. The molecule has 0 saturated heterocycles. The number of ether oxygens (including phenoxy) is 1. The van der Waals surface area contributed by atoms with Gasteiger partial charge in [-0.3, -0.25) is 14.2 Å². The number of benzene rings is 3. The molecule has 2 N–H and O–H groups in total. The van der Waals surface area contributed by atoms with Crippen molar-refractivity contribution in [2.24, 2.45) is 7.05 Å². The van der Waals surface area contributed by atoms with E-state index in [1.165, 1.54) is 23.3 Å². The number of carbonyl (C=O) groups is 1. The van der Waals surface area contributed by atoms with Gasteiger partial charge in [-0.05, 0) is 47.4 Å². The summed E-state index contributed by atoms with van der Waals surface area (Å²) in [6.07, 6.45) is 0.752. The van der Waals surface area contributed by atoms with E-state index < -0.39 is 11.5 Å². The van der Waals surface area contributed by atoms with E-state index in [1.54, 1.807) is 25.2 Å². The molecule has 0 aliphatic carbocycles. The van der Waals surface area contributed by atoms with E-state index in [2.05, 4.69) is 38.4 Å². The third-order valence-electron chi connectivity index (χ3n) is 6.50. The molecule has 1 unspecified atom stereocenters. The molecular formula is C28H25BrN4O4. The number of rotatable bonds is 5. The number of hydrogen-bond acceptors (Lipinski definition) is 6. The number of fused-ring (bicyclic) bond motifs is 1. The number of para-hydroxylation sites is 2. The molecule has 1 amide bonds. The lowest BCUT2D eigenvalue weighted by Crippen LogP contribution is -2.41. The average molecular weight is 561 g/mol. The summed E-state index contributed by atoms with van der Waals surface area (Å²) in [7, 11) is 2.95. The summed E-state index contributed by atoms with van der Waals surface area (Å²) in [6, 6.07) is 22.4. The Labute approximate surface area is 222 Å². The molecule has 0 spiro atoms. The highest BCUT2D eigenvalue weighted by Gasteiger charge is 2.33. The number of phenols is 1. The molecule has 8 nitrogen and oxygen atoms in total. The molecule has 0 fully saturated rings. The second-order valence-corrected chi connectivity index (χ2v) is 9.64. The topological polar surface area (TPSA) is 96.7 Å². The summed E-state index contributed by atoms with van der Waals surface area (Å²) in [5.41, 5.74) is 2.92. The lowest BCUT2D eigenvalue weighted by molar-refractivity contribution is 0.101. The SMILES string of the molecule is COc1c(C(=O)Nc2ccccc2O)nc(N2CCc3ccccc3C2c2cccc(Br)c2)n(C)c1=O. The third-order valence-corrected chi connectivity index (χ3v) is 7.00. The molecule has 2 heterocycles. The van der Waals surface area contributed by atoms with E-state index in [4.69, 9.17) is 4.74 Å². The highest BCUT2D eigenvalue weighted by molar-refractivity contribution is 9.10. The molecule has 5 rings (SSSR count). The lowest BCUT2D eigenvalue weighted by Gasteiger charge is -2.39. The van der Waals surface area contributed by atoms with E-state index in [-0.39, 0.29) is 28.9 Å². The molecule has 0 radical (unpaired) electrons. The molecule has 0 bridgehead atoms. The van der Waals surface area contributed by atoms with Crippen molar-refractivity contribution in [2.75, 3.05) is 23.9 Å². The number of hydrogen-bond donors (Lipinski definition) is 2. The van der Waals surface area contributed by atoms with Crippen LogP contribution in [0.3, 0.4) is 0 Å². The predicted molar refractivity (Wildman–Crippen MR) is 146 cm³/mol. The Hall–Kier alpha value is -4.11. The maximum Gasteiger partial charge on any atom is 0.297 e. The van der Waals surface area contributed by atoms with E-state index in [0.29, 0.717) is 12.5 Å². The van der Waals surface area contributed by atoms with Gasteiger partial charge in [-0.15, -0.1) is 0 Å². The quantitative estimate of drug-likeness (QED) is 0.344. The molecule has 3 aromatic carbocycles. The normalized spacial score (nSPS) is 14.7. The van der Waals surface area contributed by atoms with Crippen LogP contribution in [0.5, 0.6) is 11.5 Å². The first kappa shape index (κ1) is 24.6. The van der Waals surface area contributed by atoms with Gasteiger partial charge >= 0.3 is 0 Å². The largest absolute Gasteiger partial charge is 0.506 e. The summed E-state index contributed by atoms with van der Waals surface area (Å²) in [6.45, 7) is 0.585. The zero-order chi connectivity index (χ0) is 26.1. The standard InChI is InChI=1S/C28H25BrN4O4/c1-32-27(36)25(37-2)23(26(35)30-21-12-5-6-13-22(21)34)31-28(32)33-15-14-17-8-3-4-11-20(17)24(33)18-9-7-10-19(29)16-18/h3-13,16,24,34H,14-15H2,1-2H3,(H,30,35). The number of halogens is 1. The van der Waals surface area contributed by atoms with E-state index in [1.807, 2.05) is 41.3 Å². The number of aromatic hydroxyl groups is 1. The predicted octanol–water partition coefficient (Wildman–Crippen LogP) is 4.66. The Kier molecular flexibility index (Phi) is 6.71. The van der Waals surface area contributed by atoms with Crippen molar-refractivity contribution in [1.29, 1.82) is 0 Å². The Morgan fingerprint density at radius 2 is 1.86 bits per heavy atom. The van der Waals surface area contributed by atoms with Gasteiger partial charge in [0.1, 0.15) is 5.75 Å². The second-order valence-electron chi connectivity index (χ2n) is 8.73. The maximum absolute atomic E-state index is 13.4. The van der Waals surface area contributed by atoms with Gasteiger partial charge in [0.2, 0.25) is 11.7 Å². The van der Waals surface area contributed by atoms with Crippen LogP contribution in [-0.2, 0) is 13.5 Å². The minimum absolute atomic E-state index is 0.0961. The van der Waals surface area contributed by atoms with Gasteiger partial charge in [-0.25, -0.2) is 4.98 Å². The highest BCUT2D eigenvalue weighted by Crippen LogP contribution is 2.38. The Bertz CT molecular complexity index is 1550. The number of phenolic OH excluding ortho intramolecular Hbond substituents is 1. The Balaban J connectivity index is 1.65. The van der Waals surface area contributed by atoms with Crippen molar-refractivity contribution in [1.82, 2.24) is 9.55 Å². The molecule has 188 valence electrons. The van der Waals surface area contributed by atoms with Crippen molar-refractivity contribution in [3.8, 4) is 11.5 Å². The van der Waals surface area contributed by atoms with Crippen LogP contribution in [0.2, 0.25) is 0 Å². The first-order valence-electron chi connectivity index (χ1n) is 11.7. The van der Waals surface area contributed by atoms with Crippen LogP contribution in [0, 0.1) is 0 Å². The Morgan fingerprint density at radius 3 is 2.62 bits per heavy atom. The maximum atomic E-state index is 13.4. The Morgan fingerprint density at radius 1 is 1.11 bits per heavy atom. The number of aromatic nitrogens is 2. The van der Waals surface area contributed by atoms with Crippen LogP contribution in [0.15, 0.2) is 82.1 Å². The van der Waals surface area contributed by atoms with Crippen LogP contribution in [0.25, 0.3) is 0 Å². The number of carbonyl (C=O) groups excluding carboxylic acids is 1. The molecule has 1 aliphatic heterocycles. The van der Waals surface area contributed by atoms with Gasteiger partial charge in [-0.1, -0.05) is 64.5 Å². The average Bonchev–Trinajstić information content (AvgIpc) is 2.90. The number of nitrogens with one attached hydrogen (secondary N) is 1. The van der Waals surface area contributed by atoms with Crippen LogP contribution in [0.4, 0.5) is 11.6 Å². The molecule has 4 aromatic rings. The van der Waals surface area contributed by atoms with Gasteiger partial charge in [0, 0.05) is 18.1 Å². The number of nitrogens with zero attached hydrogens (tertiary/aromatic N) is 3. The van der Waals surface area contributed by atoms with Crippen molar-refractivity contribution >= 4 is 33.5 Å². The van der Waals surface area contributed by atoms with Gasteiger partial charge in [0.05, 0.1) is 18.8 Å². The van der Waals surface area contributed by atoms with Gasteiger partial charge in [-0.2, -0.15) is 0 Å². The molecule has 1 aliphatic rings. The van der Waals surface area contributed by atoms with Crippen molar-refractivity contribution in [3.05, 3.63) is 110 Å². The van der Waals surface area contributed by atoms with Crippen LogP contribution >= 0.6 is 15.9 Å². The van der Waals surface area contributed by atoms with Gasteiger partial charge < -0.3 is 20.1 Å². The van der Waals surface area contributed by atoms with Crippen LogP contribution in [-0.4, -0.2) is 34.2 Å². The highest BCUT2D eigenvalue weighted by atomic mass is 79.9. The smallest absolute Gasteiger partial charge is 0.297 e. The monoisotopic (exact) mass is 560 g/mol. The van der Waals surface area contributed by atoms with Crippen LogP contribution < -0.4 is 20.5 Å². The zero-order valence-corrected chi connectivity index (χ0v) is 21.9. The fraction of sp³-hybridized carbons (Fsp3) is 0.179. The minimum atomic E-state index is -0.659. The lowest BCUT2D eigenvalue weighted by atomic mass is 9.88. The number of anilines is 2. The van der Waals surface area contributed by atoms with Gasteiger partial charge in [0.25, 0.3) is 11.5 Å². The third kappa shape index (κ3) is 4.58. The number of methoxy groups -OCH3 is 1. The summed E-state index contributed by atoms with van der Waals surface area (Å²) in [4.78, 5) is 33.4. The molecule has 37 heavy (non-hydrogen) atoms. The van der Waals surface area contributed by atoms with Crippen molar-refractivity contribution < 1.29 is 14.6 Å². The molecule has 1 atom stereocenters. The first-order valence-corrected chi connectivity index (χ1v) is 12.5. The second kappa shape index (κ2) is 10.1. The summed E-state index contributed by atoms with van der Waals surface area (Å²) >= 11 is 3.58. The summed E-state index contributed by atoms with van der Waals surface area (Å²) in [5.74, 6) is -0.585. The fourth-order valence-corrected chi connectivity index (χ4v) is 5.16. The first-order chi connectivity index (χ1) is 17.9. The van der Waals surface area contributed by atoms with Gasteiger partial charge in [0.15, 0.2) is 5.69 Å². The molecule has 0 saturated carbocycles.